The van der Waals surface area contributed by atoms with Gasteiger partial charge in [-0.1, -0.05) is 0 Å². The average Bonchev–Trinajstić information content (AvgIpc) is 2.79. The van der Waals surface area contributed by atoms with Gasteiger partial charge in [0.15, 0.2) is 11.3 Å². The van der Waals surface area contributed by atoms with E-state index in [4.69, 9.17) is 14.4 Å². The second-order valence-corrected chi connectivity index (χ2v) is 4.18. The number of hydrogen-bond acceptors (Lipinski definition) is 5. The lowest BCUT2D eigenvalue weighted by molar-refractivity contribution is -0.133. The fourth-order valence-electron chi connectivity index (χ4n) is 1.08. The molecule has 0 aliphatic heterocycles. The van der Waals surface area contributed by atoms with E-state index in [2.05, 4.69) is 15.9 Å². The molecule has 1 aromatic rings. The molecular weight excluding hydrogens is 304 g/mol. The highest BCUT2D eigenvalue weighted by atomic mass is 79.9. The number of likely N-dealkylation sites (N-methyl/N-ethyl adjacent to an activating group) is 1. The van der Waals surface area contributed by atoms with Crippen LogP contribution >= 0.6 is 15.9 Å². The minimum atomic E-state index is -0.706. The normalized spacial score (nSPS) is 9.61. The lowest BCUT2D eigenvalue weighted by atomic mass is 10.4. The van der Waals surface area contributed by atoms with E-state index < -0.39 is 5.97 Å². The smallest absolute Gasteiger partial charge is 0.374 e. The second kappa shape index (κ2) is 6.81. The first-order valence-electron chi connectivity index (χ1n) is 5.08. The zero-order valence-corrected chi connectivity index (χ0v) is 11.3. The van der Waals surface area contributed by atoms with Crippen molar-refractivity contribution in [3.8, 4) is 6.07 Å². The van der Waals surface area contributed by atoms with Crippen LogP contribution in [0.5, 0.6) is 0 Å². The topological polar surface area (TPSA) is 83.5 Å². The van der Waals surface area contributed by atoms with E-state index in [0.29, 0.717) is 11.2 Å². The van der Waals surface area contributed by atoms with Crippen LogP contribution in [-0.2, 0) is 9.53 Å². The third-order valence-corrected chi connectivity index (χ3v) is 2.51. The predicted octanol–water partition coefficient (Wildman–Crippen LogP) is 1.57. The molecular formula is C11H11BrN2O4. The fraction of sp³-hybridized carbons (Fsp3) is 0.364. The SMILES string of the molecule is CN(CCC#N)C(=O)COC(=O)c1ccc(Br)o1. The molecule has 1 aromatic heterocycles. The van der Waals surface area contributed by atoms with E-state index >= 15 is 0 Å². The lowest BCUT2D eigenvalue weighted by Gasteiger charge is -2.14. The molecule has 0 saturated carbocycles. The summed E-state index contributed by atoms with van der Waals surface area (Å²) < 4.78 is 10.2. The van der Waals surface area contributed by atoms with Gasteiger partial charge in [-0.05, 0) is 28.1 Å². The molecule has 0 unspecified atom stereocenters. The Kier molecular flexibility index (Phi) is 5.39. The van der Waals surface area contributed by atoms with Crippen LogP contribution in [0, 0.1) is 11.3 Å². The molecule has 0 fully saturated rings. The highest BCUT2D eigenvalue weighted by Gasteiger charge is 2.15. The third-order valence-electron chi connectivity index (χ3n) is 2.09. The van der Waals surface area contributed by atoms with Crippen LogP contribution in [0.25, 0.3) is 0 Å². The van der Waals surface area contributed by atoms with E-state index in [0.717, 1.165) is 0 Å². The predicted molar refractivity (Wildman–Crippen MR) is 64.6 cm³/mol. The van der Waals surface area contributed by atoms with Gasteiger partial charge in [0, 0.05) is 13.6 Å². The summed E-state index contributed by atoms with van der Waals surface area (Å²) in [4.78, 5) is 24.3. The Hall–Kier alpha value is -1.81. The van der Waals surface area contributed by atoms with E-state index in [1.54, 1.807) is 6.07 Å². The van der Waals surface area contributed by atoms with E-state index in [9.17, 15) is 9.59 Å². The van der Waals surface area contributed by atoms with Crippen LogP contribution in [0.4, 0.5) is 0 Å². The standard InChI is InChI=1S/C11H11BrN2O4/c1-14(6-2-5-13)10(15)7-17-11(16)8-3-4-9(12)18-8/h3-4H,2,6-7H2,1H3. The van der Waals surface area contributed by atoms with Crippen molar-refractivity contribution in [2.75, 3.05) is 20.2 Å². The van der Waals surface area contributed by atoms with E-state index in [1.807, 2.05) is 6.07 Å². The van der Waals surface area contributed by atoms with Gasteiger partial charge in [0.25, 0.3) is 5.91 Å². The Bertz CT molecular complexity index is 478. The van der Waals surface area contributed by atoms with Crippen LogP contribution in [0.1, 0.15) is 17.0 Å². The van der Waals surface area contributed by atoms with E-state index in [-0.39, 0.29) is 24.7 Å². The second-order valence-electron chi connectivity index (χ2n) is 3.40. The van der Waals surface area contributed by atoms with Gasteiger partial charge in [-0.15, -0.1) is 0 Å². The molecule has 96 valence electrons. The van der Waals surface area contributed by atoms with E-state index in [1.165, 1.54) is 18.0 Å². The minimum absolute atomic E-state index is 0.0225. The van der Waals surface area contributed by atoms with Crippen LogP contribution in [0.3, 0.4) is 0 Å². The number of esters is 1. The van der Waals surface area contributed by atoms with Gasteiger partial charge in [0.1, 0.15) is 0 Å². The van der Waals surface area contributed by atoms with Crippen LogP contribution in [0.2, 0.25) is 0 Å². The number of ether oxygens (including phenoxy) is 1. The summed E-state index contributed by atoms with van der Waals surface area (Å²) in [5.74, 6) is -1.05. The molecule has 0 aliphatic carbocycles. The maximum absolute atomic E-state index is 11.5. The molecule has 7 heteroatoms. The fourth-order valence-corrected chi connectivity index (χ4v) is 1.38. The summed E-state index contributed by atoms with van der Waals surface area (Å²) in [6.07, 6.45) is 0.237. The Morgan fingerprint density at radius 3 is 2.83 bits per heavy atom. The van der Waals surface area contributed by atoms with Crippen molar-refractivity contribution in [2.24, 2.45) is 0 Å². The van der Waals surface area contributed by atoms with Crippen LogP contribution in [0.15, 0.2) is 21.2 Å². The first kappa shape index (κ1) is 14.3. The van der Waals surface area contributed by atoms with Crippen molar-refractivity contribution < 1.29 is 18.7 Å². The number of carbonyl (C=O) groups excluding carboxylic acids is 2. The number of furan rings is 1. The summed E-state index contributed by atoms with van der Waals surface area (Å²) in [5.41, 5.74) is 0. The number of carbonyl (C=O) groups is 2. The zero-order valence-electron chi connectivity index (χ0n) is 9.68. The molecule has 6 nitrogen and oxygen atoms in total. The van der Waals surface area contributed by atoms with Gasteiger partial charge in [0.2, 0.25) is 5.76 Å². The number of halogens is 1. The van der Waals surface area contributed by atoms with Gasteiger partial charge < -0.3 is 14.1 Å². The first-order chi connectivity index (χ1) is 8.54. The van der Waals surface area contributed by atoms with Gasteiger partial charge in [0.05, 0.1) is 12.5 Å². The van der Waals surface area contributed by atoms with Crippen molar-refractivity contribution >= 4 is 27.8 Å². The molecule has 18 heavy (non-hydrogen) atoms. The highest BCUT2D eigenvalue weighted by Crippen LogP contribution is 2.14. The van der Waals surface area contributed by atoms with Crippen molar-refractivity contribution in [1.29, 1.82) is 5.26 Å². The Balaban J connectivity index is 2.39. The zero-order chi connectivity index (χ0) is 13.5. The van der Waals surface area contributed by atoms with Crippen molar-refractivity contribution in [1.82, 2.24) is 4.90 Å². The monoisotopic (exact) mass is 314 g/mol. The summed E-state index contributed by atoms with van der Waals surface area (Å²) in [7, 11) is 1.54. The summed E-state index contributed by atoms with van der Waals surface area (Å²) in [6.45, 7) is -0.0712. The minimum Gasteiger partial charge on any atom is -0.450 e. The number of nitrogens with zero attached hydrogens (tertiary/aromatic N) is 2. The van der Waals surface area contributed by atoms with Gasteiger partial charge in [-0.25, -0.2) is 4.79 Å². The molecule has 0 aliphatic rings. The van der Waals surface area contributed by atoms with Gasteiger partial charge in [-0.3, -0.25) is 4.79 Å². The molecule has 0 bridgehead atoms. The maximum atomic E-state index is 11.5. The molecule has 0 atom stereocenters. The Morgan fingerprint density at radius 2 is 2.28 bits per heavy atom. The van der Waals surface area contributed by atoms with Crippen molar-refractivity contribution in [2.45, 2.75) is 6.42 Å². The highest BCUT2D eigenvalue weighted by molar-refractivity contribution is 9.10. The summed E-state index contributed by atoms with van der Waals surface area (Å²) >= 11 is 3.05. The molecule has 0 radical (unpaired) electrons. The van der Waals surface area contributed by atoms with Crippen molar-refractivity contribution in [3.05, 3.63) is 22.6 Å². The third kappa shape index (κ3) is 4.22. The molecule has 0 saturated heterocycles. The largest absolute Gasteiger partial charge is 0.450 e. The first-order valence-corrected chi connectivity index (χ1v) is 5.87. The number of hydrogen-bond donors (Lipinski definition) is 0. The number of nitriles is 1. The molecule has 0 aromatic carbocycles. The molecule has 0 spiro atoms. The maximum Gasteiger partial charge on any atom is 0.374 e. The molecule has 1 rings (SSSR count). The molecule has 0 N–H and O–H groups in total. The number of amides is 1. The van der Waals surface area contributed by atoms with Gasteiger partial charge >= 0.3 is 5.97 Å². The lowest BCUT2D eigenvalue weighted by Crippen LogP contribution is -2.31. The molecule has 1 heterocycles. The van der Waals surface area contributed by atoms with Crippen LogP contribution < -0.4 is 0 Å². The number of rotatable bonds is 5. The Labute approximate surface area is 112 Å². The quantitative estimate of drug-likeness (QED) is 0.770. The van der Waals surface area contributed by atoms with Crippen LogP contribution in [-0.4, -0.2) is 37.0 Å². The average molecular weight is 315 g/mol. The molecule has 1 amide bonds. The Morgan fingerprint density at radius 1 is 1.56 bits per heavy atom. The summed E-state index contributed by atoms with van der Waals surface area (Å²) in [6, 6.07) is 4.92. The van der Waals surface area contributed by atoms with Gasteiger partial charge in [-0.2, -0.15) is 5.26 Å². The van der Waals surface area contributed by atoms with Crippen molar-refractivity contribution in [3.63, 3.8) is 0 Å². The summed E-state index contributed by atoms with van der Waals surface area (Å²) in [5, 5.41) is 8.38.